The van der Waals surface area contributed by atoms with Crippen molar-refractivity contribution >= 4 is 23.2 Å². The molecule has 28 heavy (non-hydrogen) atoms. The molecule has 0 fully saturated rings. The van der Waals surface area contributed by atoms with Crippen LogP contribution in [-0.2, 0) is 6.18 Å². The van der Waals surface area contributed by atoms with Crippen LogP contribution in [0.4, 0.5) is 13.2 Å². The van der Waals surface area contributed by atoms with Crippen LogP contribution in [0.5, 0.6) is 0 Å². The predicted molar refractivity (Wildman–Crippen MR) is 99.9 cm³/mol. The number of halogens is 3. The lowest BCUT2D eigenvalue weighted by Crippen LogP contribution is -2.10. The summed E-state index contributed by atoms with van der Waals surface area (Å²) in [5.41, 5.74) is 0.320. The lowest BCUT2D eigenvalue weighted by atomic mass is 10.1. The van der Waals surface area contributed by atoms with Crippen LogP contribution in [0, 0.1) is 0 Å². The van der Waals surface area contributed by atoms with E-state index in [9.17, 15) is 18.0 Å². The van der Waals surface area contributed by atoms with Crippen molar-refractivity contribution in [2.75, 3.05) is 0 Å². The average molecular weight is 382 g/mol. The highest BCUT2D eigenvalue weighted by Crippen LogP contribution is 2.29. The number of H-pyrrole nitrogens is 1. The minimum absolute atomic E-state index is 0.215. The molecular formula is C20H13F3N4O. The van der Waals surface area contributed by atoms with Crippen molar-refractivity contribution < 1.29 is 13.2 Å². The molecule has 0 aliphatic carbocycles. The SMILES string of the molecule is O=c1[nH]c(C=Cc2cccc(C(F)(F)F)c2)nc2c1cnn2-c1ccccc1. The molecule has 2 aromatic heterocycles. The Hall–Kier alpha value is -3.68. The zero-order valence-corrected chi connectivity index (χ0v) is 14.3. The van der Waals surface area contributed by atoms with Gasteiger partial charge in [0.25, 0.3) is 5.56 Å². The highest BCUT2D eigenvalue weighted by molar-refractivity contribution is 5.77. The summed E-state index contributed by atoms with van der Waals surface area (Å²) in [5.74, 6) is 0.215. The van der Waals surface area contributed by atoms with Crippen molar-refractivity contribution in [1.82, 2.24) is 19.7 Å². The number of alkyl halides is 3. The van der Waals surface area contributed by atoms with Crippen LogP contribution >= 0.6 is 0 Å². The average Bonchev–Trinajstić information content (AvgIpc) is 3.11. The smallest absolute Gasteiger partial charge is 0.306 e. The molecule has 0 saturated heterocycles. The van der Waals surface area contributed by atoms with Gasteiger partial charge in [0, 0.05) is 0 Å². The van der Waals surface area contributed by atoms with Crippen LogP contribution in [-0.4, -0.2) is 19.7 Å². The minimum atomic E-state index is -4.42. The molecule has 8 heteroatoms. The molecule has 0 bridgehead atoms. The summed E-state index contributed by atoms with van der Waals surface area (Å²) in [7, 11) is 0. The first-order valence-electron chi connectivity index (χ1n) is 8.31. The third-order valence-electron chi connectivity index (χ3n) is 4.10. The summed E-state index contributed by atoms with van der Waals surface area (Å²) >= 11 is 0. The Kier molecular flexibility index (Phi) is 4.31. The maximum absolute atomic E-state index is 12.8. The van der Waals surface area contributed by atoms with E-state index >= 15 is 0 Å². The Morgan fingerprint density at radius 2 is 1.79 bits per heavy atom. The number of hydrogen-bond acceptors (Lipinski definition) is 3. The summed E-state index contributed by atoms with van der Waals surface area (Å²) in [6, 6.07) is 14.1. The molecule has 0 aliphatic heterocycles. The molecule has 0 radical (unpaired) electrons. The van der Waals surface area contributed by atoms with Crippen LogP contribution in [0.25, 0.3) is 28.9 Å². The molecule has 4 rings (SSSR count). The van der Waals surface area contributed by atoms with Gasteiger partial charge in [0.2, 0.25) is 0 Å². The largest absolute Gasteiger partial charge is 0.416 e. The Morgan fingerprint density at radius 1 is 1.00 bits per heavy atom. The third kappa shape index (κ3) is 3.44. The molecule has 2 aromatic carbocycles. The van der Waals surface area contributed by atoms with E-state index in [2.05, 4.69) is 15.1 Å². The molecule has 140 valence electrons. The molecule has 4 aromatic rings. The third-order valence-corrected chi connectivity index (χ3v) is 4.10. The van der Waals surface area contributed by atoms with E-state index in [0.29, 0.717) is 16.6 Å². The number of aromatic nitrogens is 4. The maximum Gasteiger partial charge on any atom is 0.416 e. The van der Waals surface area contributed by atoms with Crippen molar-refractivity contribution in [2.24, 2.45) is 0 Å². The summed E-state index contributed by atoms with van der Waals surface area (Å²) in [6.45, 7) is 0. The lowest BCUT2D eigenvalue weighted by molar-refractivity contribution is -0.137. The fourth-order valence-corrected chi connectivity index (χ4v) is 2.77. The van der Waals surface area contributed by atoms with Crippen molar-refractivity contribution in [2.45, 2.75) is 6.18 Å². The van der Waals surface area contributed by atoms with Gasteiger partial charge in [0.1, 0.15) is 11.2 Å². The highest BCUT2D eigenvalue weighted by Gasteiger charge is 2.30. The monoisotopic (exact) mass is 382 g/mol. The number of para-hydroxylation sites is 1. The van der Waals surface area contributed by atoms with Crippen LogP contribution in [0.3, 0.4) is 0 Å². The van der Waals surface area contributed by atoms with Gasteiger partial charge in [-0.15, -0.1) is 0 Å². The number of hydrogen-bond donors (Lipinski definition) is 1. The first-order valence-corrected chi connectivity index (χ1v) is 8.31. The maximum atomic E-state index is 12.8. The van der Waals surface area contributed by atoms with Gasteiger partial charge in [-0.2, -0.15) is 18.3 Å². The molecule has 0 spiro atoms. The Morgan fingerprint density at radius 3 is 2.54 bits per heavy atom. The zero-order valence-electron chi connectivity index (χ0n) is 14.3. The molecule has 0 saturated carbocycles. The fourth-order valence-electron chi connectivity index (χ4n) is 2.77. The van der Waals surface area contributed by atoms with E-state index < -0.39 is 11.7 Å². The Labute approximate surface area is 156 Å². The summed E-state index contributed by atoms with van der Waals surface area (Å²) in [6.07, 6.45) is -0.0762. The summed E-state index contributed by atoms with van der Waals surface area (Å²) in [4.78, 5) is 19.3. The molecule has 0 unspecified atom stereocenters. The molecule has 0 atom stereocenters. The van der Waals surface area contributed by atoms with Crippen molar-refractivity contribution in [1.29, 1.82) is 0 Å². The van der Waals surface area contributed by atoms with Gasteiger partial charge in [-0.3, -0.25) is 4.79 Å². The zero-order chi connectivity index (χ0) is 19.7. The van der Waals surface area contributed by atoms with Crippen molar-refractivity contribution in [3.63, 3.8) is 0 Å². The van der Waals surface area contributed by atoms with Gasteiger partial charge >= 0.3 is 6.18 Å². The van der Waals surface area contributed by atoms with E-state index in [1.54, 1.807) is 0 Å². The van der Waals surface area contributed by atoms with Crippen LogP contribution in [0.1, 0.15) is 17.0 Å². The first kappa shape index (κ1) is 17.7. The topological polar surface area (TPSA) is 63.6 Å². The number of rotatable bonds is 3. The van der Waals surface area contributed by atoms with Crippen molar-refractivity contribution in [3.05, 3.63) is 88.1 Å². The number of aromatic amines is 1. The molecule has 2 heterocycles. The predicted octanol–water partition coefficient (Wildman–Crippen LogP) is 4.30. The van der Waals surface area contributed by atoms with Gasteiger partial charge in [0.05, 0.1) is 17.4 Å². The van der Waals surface area contributed by atoms with Gasteiger partial charge in [-0.1, -0.05) is 36.4 Å². The van der Waals surface area contributed by atoms with Crippen LogP contribution in [0.2, 0.25) is 0 Å². The van der Waals surface area contributed by atoms with Gasteiger partial charge in [0.15, 0.2) is 5.65 Å². The van der Waals surface area contributed by atoms with E-state index in [1.165, 1.54) is 35.2 Å². The lowest BCUT2D eigenvalue weighted by Gasteiger charge is -2.06. The van der Waals surface area contributed by atoms with E-state index in [-0.39, 0.29) is 11.4 Å². The normalized spacial score (nSPS) is 12.1. The molecular weight excluding hydrogens is 369 g/mol. The highest BCUT2D eigenvalue weighted by atomic mass is 19.4. The Bertz CT molecular complexity index is 1220. The standard InChI is InChI=1S/C20H13F3N4O/c21-20(22,23)14-6-4-5-13(11-14)9-10-17-25-18-16(19(28)26-17)12-24-27(18)15-7-2-1-3-8-15/h1-12H,(H,25,26,28). The van der Waals surface area contributed by atoms with Gasteiger partial charge in [-0.25, -0.2) is 9.67 Å². The Balaban J connectivity index is 1.74. The number of nitrogens with one attached hydrogen (secondary N) is 1. The first-order chi connectivity index (χ1) is 13.4. The van der Waals surface area contributed by atoms with Crippen LogP contribution < -0.4 is 5.56 Å². The van der Waals surface area contributed by atoms with Crippen molar-refractivity contribution in [3.8, 4) is 5.69 Å². The summed E-state index contributed by atoms with van der Waals surface area (Å²) < 4.78 is 40.0. The summed E-state index contributed by atoms with van der Waals surface area (Å²) in [5, 5.41) is 4.53. The van der Waals surface area contributed by atoms with Gasteiger partial charge in [-0.05, 0) is 35.9 Å². The van der Waals surface area contributed by atoms with E-state index in [4.69, 9.17) is 0 Å². The van der Waals surface area contributed by atoms with Gasteiger partial charge < -0.3 is 4.98 Å². The quantitative estimate of drug-likeness (QED) is 0.575. The number of fused-ring (bicyclic) bond motifs is 1. The number of benzene rings is 2. The minimum Gasteiger partial charge on any atom is -0.306 e. The fraction of sp³-hybridized carbons (Fsp3) is 0.0500. The second-order valence-electron chi connectivity index (χ2n) is 6.04. The molecule has 1 N–H and O–H groups in total. The van der Waals surface area contributed by atoms with E-state index in [0.717, 1.165) is 17.8 Å². The number of nitrogens with zero attached hydrogens (tertiary/aromatic N) is 3. The second-order valence-corrected chi connectivity index (χ2v) is 6.04. The molecule has 5 nitrogen and oxygen atoms in total. The van der Waals surface area contributed by atoms with Crippen LogP contribution in [0.15, 0.2) is 65.6 Å². The molecule has 0 amide bonds. The second kappa shape index (κ2) is 6.80. The molecule has 0 aliphatic rings. The van der Waals surface area contributed by atoms with E-state index in [1.807, 2.05) is 30.3 Å².